The zero-order valence-electron chi connectivity index (χ0n) is 18.0. The molecule has 2 N–H and O–H groups in total. The van der Waals surface area contributed by atoms with Crippen LogP contribution in [0.5, 0.6) is 0 Å². The molecule has 1 atom stereocenters. The van der Waals surface area contributed by atoms with Crippen molar-refractivity contribution in [2.75, 3.05) is 47.0 Å². The lowest BCUT2D eigenvalue weighted by molar-refractivity contribution is 0.0205. The van der Waals surface area contributed by atoms with Crippen molar-refractivity contribution in [3.63, 3.8) is 0 Å². The van der Waals surface area contributed by atoms with E-state index in [-0.39, 0.29) is 35.5 Å². The molecule has 1 unspecified atom stereocenters. The summed E-state index contributed by atoms with van der Waals surface area (Å²) >= 11 is 0. The summed E-state index contributed by atoms with van der Waals surface area (Å²) in [6.45, 7) is 12.7. The summed E-state index contributed by atoms with van der Waals surface area (Å²) < 4.78 is 11.0. The van der Waals surface area contributed by atoms with Gasteiger partial charge in [-0.15, -0.1) is 24.0 Å². The lowest BCUT2D eigenvalue weighted by atomic mass is 9.89. The van der Waals surface area contributed by atoms with E-state index in [1.807, 2.05) is 0 Å². The summed E-state index contributed by atoms with van der Waals surface area (Å²) in [6.07, 6.45) is 0.121. The average molecular weight is 504 g/mol. The molecule has 0 aliphatic carbocycles. The lowest BCUT2D eigenvalue weighted by Gasteiger charge is -2.30. The first kappa shape index (κ1) is 25.1. The van der Waals surface area contributed by atoms with Gasteiger partial charge in [0, 0.05) is 46.9 Å². The quantitative estimate of drug-likeness (QED) is 0.340. The Hall–Kier alpha value is -0.900. The van der Waals surface area contributed by atoms with Gasteiger partial charge in [0.25, 0.3) is 0 Å². The van der Waals surface area contributed by atoms with E-state index in [9.17, 15) is 0 Å². The molecule has 0 saturated carbocycles. The van der Waals surface area contributed by atoms with Crippen LogP contribution in [-0.2, 0) is 22.6 Å². The summed E-state index contributed by atoms with van der Waals surface area (Å²) in [5.41, 5.74) is 2.66. The number of methoxy groups -OCH3 is 1. The second kappa shape index (κ2) is 12.6. The van der Waals surface area contributed by atoms with Gasteiger partial charge in [0.1, 0.15) is 0 Å². The Morgan fingerprint density at radius 1 is 1.14 bits per heavy atom. The summed E-state index contributed by atoms with van der Waals surface area (Å²) in [6, 6.07) is 8.79. The molecule has 1 fully saturated rings. The van der Waals surface area contributed by atoms with Gasteiger partial charge in [-0.05, 0) is 16.5 Å². The fourth-order valence-electron chi connectivity index (χ4n) is 3.12. The zero-order valence-corrected chi connectivity index (χ0v) is 20.3. The molecule has 0 spiro atoms. The summed E-state index contributed by atoms with van der Waals surface area (Å²) in [4.78, 5) is 6.74. The highest BCUT2D eigenvalue weighted by Gasteiger charge is 2.24. The Labute approximate surface area is 187 Å². The normalized spacial score (nSPS) is 17.0. The number of ether oxygens (including phenoxy) is 2. The van der Waals surface area contributed by atoms with E-state index in [1.54, 1.807) is 14.2 Å². The summed E-state index contributed by atoms with van der Waals surface area (Å²) in [5, 5.41) is 6.73. The molecule has 1 saturated heterocycles. The molecule has 6 nitrogen and oxygen atoms in total. The monoisotopic (exact) mass is 504 g/mol. The Morgan fingerprint density at radius 2 is 1.75 bits per heavy atom. The fourth-order valence-corrected chi connectivity index (χ4v) is 3.12. The van der Waals surface area contributed by atoms with Gasteiger partial charge >= 0.3 is 0 Å². The maximum Gasteiger partial charge on any atom is 0.191 e. The van der Waals surface area contributed by atoms with E-state index < -0.39 is 0 Å². The van der Waals surface area contributed by atoms with Gasteiger partial charge in [0.05, 0.1) is 19.3 Å². The van der Waals surface area contributed by atoms with E-state index in [4.69, 9.17) is 9.47 Å². The van der Waals surface area contributed by atoms with Gasteiger partial charge in [-0.2, -0.15) is 0 Å². The van der Waals surface area contributed by atoms with E-state index >= 15 is 0 Å². The fraction of sp³-hybridized carbons (Fsp3) is 0.667. The minimum atomic E-state index is 0. The van der Waals surface area contributed by atoms with Gasteiger partial charge in [0.2, 0.25) is 0 Å². The van der Waals surface area contributed by atoms with Crippen LogP contribution in [-0.4, -0.2) is 64.0 Å². The molecule has 160 valence electrons. The number of nitrogens with one attached hydrogen (secondary N) is 2. The number of aliphatic imine (C=N–C) groups is 1. The van der Waals surface area contributed by atoms with Crippen LogP contribution >= 0.6 is 24.0 Å². The number of hydrogen-bond donors (Lipinski definition) is 2. The highest BCUT2D eigenvalue weighted by Crippen LogP contribution is 2.20. The van der Waals surface area contributed by atoms with Crippen LogP contribution < -0.4 is 10.6 Å². The SMILES string of the molecule is CN=C(NCc1ccc(CN2CCOCC2)cc1)NCC(OC)C(C)(C)C.I. The molecule has 1 aliphatic rings. The summed E-state index contributed by atoms with van der Waals surface area (Å²) in [5.74, 6) is 0.790. The number of nitrogens with zero attached hydrogens (tertiary/aromatic N) is 2. The second-order valence-electron chi connectivity index (χ2n) is 8.10. The van der Waals surface area contributed by atoms with Crippen molar-refractivity contribution in [3.05, 3.63) is 35.4 Å². The largest absolute Gasteiger partial charge is 0.379 e. The van der Waals surface area contributed by atoms with Gasteiger partial charge in [0.15, 0.2) is 5.96 Å². The first-order valence-electron chi connectivity index (χ1n) is 9.77. The smallest absolute Gasteiger partial charge is 0.191 e. The van der Waals surface area contributed by atoms with Gasteiger partial charge in [-0.3, -0.25) is 9.89 Å². The van der Waals surface area contributed by atoms with Crippen LogP contribution in [0.1, 0.15) is 31.9 Å². The van der Waals surface area contributed by atoms with Crippen molar-refractivity contribution >= 4 is 29.9 Å². The molecule has 0 aromatic heterocycles. The van der Waals surface area contributed by atoms with Crippen LogP contribution in [0, 0.1) is 5.41 Å². The van der Waals surface area contributed by atoms with Gasteiger partial charge in [-0.25, -0.2) is 0 Å². The summed E-state index contributed by atoms with van der Waals surface area (Å²) in [7, 11) is 3.55. The highest BCUT2D eigenvalue weighted by atomic mass is 127. The Bertz CT molecular complexity index is 581. The molecule has 0 radical (unpaired) electrons. The zero-order chi connectivity index (χ0) is 19.7. The van der Waals surface area contributed by atoms with E-state index in [0.717, 1.165) is 51.9 Å². The third-order valence-electron chi connectivity index (χ3n) is 4.92. The molecule has 1 aliphatic heterocycles. The molecular weight excluding hydrogens is 467 g/mol. The lowest BCUT2D eigenvalue weighted by Crippen LogP contribution is -2.45. The topological polar surface area (TPSA) is 58.1 Å². The van der Waals surface area contributed by atoms with Gasteiger partial charge < -0.3 is 20.1 Å². The van der Waals surface area contributed by atoms with Crippen molar-refractivity contribution in [2.45, 2.75) is 40.0 Å². The van der Waals surface area contributed by atoms with Crippen molar-refractivity contribution in [1.29, 1.82) is 0 Å². The number of halogens is 1. The van der Waals surface area contributed by atoms with Crippen LogP contribution in [0.3, 0.4) is 0 Å². The molecule has 1 aromatic carbocycles. The number of morpholine rings is 1. The number of rotatable bonds is 7. The Kier molecular flexibility index (Phi) is 11.3. The van der Waals surface area contributed by atoms with E-state index in [0.29, 0.717) is 0 Å². The number of guanidine groups is 1. The first-order valence-corrected chi connectivity index (χ1v) is 9.77. The maximum atomic E-state index is 5.59. The Morgan fingerprint density at radius 3 is 2.29 bits per heavy atom. The van der Waals surface area contributed by atoms with Crippen molar-refractivity contribution in [2.24, 2.45) is 10.4 Å². The van der Waals surface area contributed by atoms with Crippen molar-refractivity contribution in [1.82, 2.24) is 15.5 Å². The van der Waals surface area contributed by atoms with Crippen LogP contribution in [0.25, 0.3) is 0 Å². The average Bonchev–Trinajstić information content (AvgIpc) is 2.65. The van der Waals surface area contributed by atoms with E-state index in [1.165, 1.54) is 11.1 Å². The molecule has 1 aromatic rings. The molecule has 2 rings (SSSR count). The van der Waals surface area contributed by atoms with Gasteiger partial charge in [-0.1, -0.05) is 45.0 Å². The first-order chi connectivity index (χ1) is 12.9. The predicted molar refractivity (Wildman–Crippen MR) is 126 cm³/mol. The minimum Gasteiger partial charge on any atom is -0.379 e. The van der Waals surface area contributed by atoms with Crippen molar-refractivity contribution in [3.8, 4) is 0 Å². The maximum absolute atomic E-state index is 5.59. The van der Waals surface area contributed by atoms with Crippen LogP contribution in [0.15, 0.2) is 29.3 Å². The van der Waals surface area contributed by atoms with E-state index in [2.05, 4.69) is 65.6 Å². The number of hydrogen-bond acceptors (Lipinski definition) is 4. The molecule has 1 heterocycles. The molecule has 0 bridgehead atoms. The van der Waals surface area contributed by atoms with Crippen LogP contribution in [0.2, 0.25) is 0 Å². The van der Waals surface area contributed by atoms with Crippen molar-refractivity contribution < 1.29 is 9.47 Å². The predicted octanol–water partition coefficient (Wildman–Crippen LogP) is 2.86. The standard InChI is InChI=1S/C21H36N4O2.HI/c1-21(2,3)19(26-5)15-24-20(22-4)23-14-17-6-8-18(9-7-17)16-25-10-12-27-13-11-25;/h6-9,19H,10-16H2,1-5H3,(H2,22,23,24);1H. The molecular formula is C21H37IN4O2. The minimum absolute atomic E-state index is 0. The molecule has 0 amide bonds. The van der Waals surface area contributed by atoms with Crippen LogP contribution in [0.4, 0.5) is 0 Å². The third-order valence-corrected chi connectivity index (χ3v) is 4.92. The molecule has 28 heavy (non-hydrogen) atoms. The molecule has 7 heteroatoms. The highest BCUT2D eigenvalue weighted by molar-refractivity contribution is 14.0. The Balaban J connectivity index is 0.00000392. The second-order valence-corrected chi connectivity index (χ2v) is 8.10. The third kappa shape index (κ3) is 8.63. The number of benzene rings is 1.